The van der Waals surface area contributed by atoms with Gasteiger partial charge >= 0.3 is 0 Å². The molecule has 0 radical (unpaired) electrons. The van der Waals surface area contributed by atoms with Gasteiger partial charge in [-0.1, -0.05) is 41.6 Å². The van der Waals surface area contributed by atoms with Gasteiger partial charge < -0.3 is 4.90 Å². The minimum atomic E-state index is -0.0361. The lowest BCUT2D eigenvalue weighted by molar-refractivity contribution is -0.858. The smallest absolute Gasteiger partial charge is 0.262 e. The van der Waals surface area contributed by atoms with Crippen molar-refractivity contribution in [3.05, 3.63) is 69.5 Å². The molecule has 0 aliphatic carbocycles. The van der Waals surface area contributed by atoms with Crippen molar-refractivity contribution in [2.45, 2.75) is 32.0 Å². The minimum absolute atomic E-state index is 0.0361. The predicted octanol–water partition coefficient (Wildman–Crippen LogP) is 2.52. The number of quaternary nitrogens is 1. The second-order valence-electron chi connectivity index (χ2n) is 7.71. The molecular weight excluding hydrogens is 382 g/mol. The van der Waals surface area contributed by atoms with Crippen LogP contribution in [-0.4, -0.2) is 41.7 Å². The fourth-order valence-corrected chi connectivity index (χ4v) is 4.20. The summed E-state index contributed by atoms with van der Waals surface area (Å²) in [5, 5.41) is 1.23. The lowest BCUT2D eigenvalue weighted by Gasteiger charge is -2.14. The third-order valence-electron chi connectivity index (χ3n) is 4.91. The number of carbonyl (C=O) groups excluding carboxylic acids is 1. The number of fused-ring (bicyclic) bond motifs is 1. The van der Waals surface area contributed by atoms with Gasteiger partial charge in [-0.05, 0) is 37.6 Å². The molecule has 0 aliphatic heterocycles. The first kappa shape index (κ1) is 21.3. The van der Waals surface area contributed by atoms with Crippen molar-refractivity contribution in [3.63, 3.8) is 0 Å². The van der Waals surface area contributed by atoms with E-state index in [4.69, 9.17) is 4.98 Å². The van der Waals surface area contributed by atoms with Gasteiger partial charge in [-0.2, -0.15) is 0 Å². The normalized spacial score (nSPS) is 11.3. The number of hydrogen-bond acceptors (Lipinski definition) is 4. The largest absolute Gasteiger partial charge is 0.340 e. The fourth-order valence-electron chi connectivity index (χ4n) is 3.29. The van der Waals surface area contributed by atoms with Crippen LogP contribution in [0.25, 0.3) is 10.9 Å². The third-order valence-corrected chi connectivity index (χ3v) is 5.89. The fraction of sp³-hybridized carbons (Fsp3) is 0.348. The number of para-hydroxylation sites is 1. The lowest BCUT2D eigenvalue weighted by atomic mass is 10.0. The highest BCUT2D eigenvalue weighted by Gasteiger charge is 2.15. The average Bonchev–Trinajstić information content (AvgIpc) is 2.69. The number of carbonyl (C=O) groups is 1. The van der Waals surface area contributed by atoms with E-state index in [2.05, 4.69) is 14.1 Å². The van der Waals surface area contributed by atoms with Crippen LogP contribution in [-0.2, 0) is 6.54 Å². The summed E-state index contributed by atoms with van der Waals surface area (Å²) in [6.45, 7) is 5.50. The number of benzene rings is 2. The highest BCUT2D eigenvalue weighted by atomic mass is 32.2. The summed E-state index contributed by atoms with van der Waals surface area (Å²) < 4.78 is 1.73. The Bertz CT molecular complexity index is 1090. The Kier molecular flexibility index (Phi) is 6.87. The zero-order chi connectivity index (χ0) is 21.0. The van der Waals surface area contributed by atoms with Crippen LogP contribution in [0.5, 0.6) is 0 Å². The molecule has 0 saturated carbocycles. The molecule has 0 bridgehead atoms. The van der Waals surface area contributed by atoms with Gasteiger partial charge in [0, 0.05) is 18.5 Å². The number of hydrogen-bond donors (Lipinski definition) is 1. The number of ketones is 1. The molecule has 1 N–H and O–H groups in total. The van der Waals surface area contributed by atoms with Gasteiger partial charge in [0.15, 0.2) is 10.9 Å². The Labute approximate surface area is 175 Å². The Balaban J connectivity index is 1.89. The number of nitrogens with one attached hydrogen (secondary N) is 1. The van der Waals surface area contributed by atoms with Crippen LogP contribution in [0.2, 0.25) is 0 Å². The number of aryl methyl sites for hydroxylation is 2. The quantitative estimate of drug-likeness (QED) is 0.352. The summed E-state index contributed by atoms with van der Waals surface area (Å²) in [7, 11) is 4.19. The molecule has 0 fully saturated rings. The zero-order valence-corrected chi connectivity index (χ0v) is 18.3. The first-order valence-corrected chi connectivity index (χ1v) is 10.9. The van der Waals surface area contributed by atoms with Crippen LogP contribution in [0.4, 0.5) is 0 Å². The Morgan fingerprint density at radius 2 is 1.90 bits per heavy atom. The predicted molar refractivity (Wildman–Crippen MR) is 119 cm³/mol. The van der Waals surface area contributed by atoms with Crippen molar-refractivity contribution in [2.75, 3.05) is 26.4 Å². The molecule has 0 saturated heterocycles. The van der Waals surface area contributed by atoms with Crippen molar-refractivity contribution in [2.24, 2.45) is 0 Å². The Morgan fingerprint density at radius 3 is 2.66 bits per heavy atom. The van der Waals surface area contributed by atoms with E-state index >= 15 is 0 Å². The maximum absolute atomic E-state index is 13.1. The summed E-state index contributed by atoms with van der Waals surface area (Å²) in [6.07, 6.45) is 0.876. The van der Waals surface area contributed by atoms with Crippen LogP contribution in [0.3, 0.4) is 0 Å². The Hall–Kier alpha value is -2.44. The maximum atomic E-state index is 13.1. The molecule has 3 aromatic rings. The number of nitrogens with zero attached hydrogens (tertiary/aromatic N) is 2. The molecule has 5 nitrogen and oxygen atoms in total. The van der Waals surface area contributed by atoms with Crippen LogP contribution in [0.15, 0.2) is 52.4 Å². The molecule has 0 unspecified atom stereocenters. The highest BCUT2D eigenvalue weighted by Crippen LogP contribution is 2.21. The second-order valence-corrected chi connectivity index (χ2v) is 8.65. The van der Waals surface area contributed by atoms with Crippen molar-refractivity contribution in [3.8, 4) is 0 Å². The van der Waals surface area contributed by atoms with Crippen LogP contribution >= 0.6 is 11.8 Å². The number of rotatable bonds is 8. The van der Waals surface area contributed by atoms with E-state index in [1.165, 1.54) is 16.7 Å². The molecule has 0 spiro atoms. The molecular formula is C23H28N3O2S+. The van der Waals surface area contributed by atoms with E-state index in [-0.39, 0.29) is 17.1 Å². The molecule has 0 amide bonds. The van der Waals surface area contributed by atoms with Gasteiger partial charge in [0.1, 0.15) is 0 Å². The topological polar surface area (TPSA) is 56.4 Å². The molecule has 1 heterocycles. The van der Waals surface area contributed by atoms with Gasteiger partial charge in [-0.25, -0.2) is 4.98 Å². The number of thioether (sulfide) groups is 1. The molecule has 29 heavy (non-hydrogen) atoms. The van der Waals surface area contributed by atoms with Gasteiger partial charge in [0.2, 0.25) is 0 Å². The zero-order valence-electron chi connectivity index (χ0n) is 17.5. The first-order valence-electron chi connectivity index (χ1n) is 9.88. The minimum Gasteiger partial charge on any atom is -0.340 e. The highest BCUT2D eigenvalue weighted by molar-refractivity contribution is 7.99. The molecule has 2 aromatic carbocycles. The summed E-state index contributed by atoms with van der Waals surface area (Å²) in [4.78, 5) is 31.9. The van der Waals surface area contributed by atoms with Crippen LogP contribution in [0.1, 0.15) is 27.9 Å². The second kappa shape index (κ2) is 9.37. The Morgan fingerprint density at radius 1 is 1.14 bits per heavy atom. The third kappa shape index (κ3) is 5.14. The van der Waals surface area contributed by atoms with E-state index in [1.807, 2.05) is 56.3 Å². The molecule has 152 valence electrons. The SMILES string of the molecule is Cc1ccc(C)c(C(=O)CSc2nc3ccccc3c(=O)n2CCC[NH+](C)C)c1. The van der Waals surface area contributed by atoms with Crippen LogP contribution in [0, 0.1) is 13.8 Å². The molecule has 1 aromatic heterocycles. The van der Waals surface area contributed by atoms with E-state index in [0.717, 1.165) is 29.7 Å². The standard InChI is InChI=1S/C23H27N3O2S/c1-16-10-11-17(2)19(14-16)21(27)15-29-23-24-20-9-6-5-8-18(20)22(28)26(23)13-7-12-25(3)4/h5-6,8-11,14H,7,12-13,15H2,1-4H3/p+1. The van der Waals surface area contributed by atoms with E-state index < -0.39 is 0 Å². The molecule has 0 atom stereocenters. The molecule has 3 rings (SSSR count). The lowest BCUT2D eigenvalue weighted by Crippen LogP contribution is -3.05. The van der Waals surface area contributed by atoms with Gasteiger partial charge in [-0.3, -0.25) is 14.2 Å². The van der Waals surface area contributed by atoms with Crippen molar-refractivity contribution < 1.29 is 9.69 Å². The summed E-state index contributed by atoms with van der Waals surface area (Å²) in [5.74, 6) is 0.316. The first-order chi connectivity index (χ1) is 13.9. The number of aromatic nitrogens is 2. The number of Topliss-reactive ketones (excluding diaryl/α,β-unsaturated/α-hetero) is 1. The van der Waals surface area contributed by atoms with Crippen molar-refractivity contribution in [1.82, 2.24) is 9.55 Å². The van der Waals surface area contributed by atoms with Crippen molar-refractivity contribution >= 4 is 28.4 Å². The summed E-state index contributed by atoms with van der Waals surface area (Å²) >= 11 is 1.35. The van der Waals surface area contributed by atoms with E-state index in [0.29, 0.717) is 22.6 Å². The van der Waals surface area contributed by atoms with E-state index in [9.17, 15) is 9.59 Å². The van der Waals surface area contributed by atoms with Gasteiger partial charge in [0.25, 0.3) is 5.56 Å². The maximum Gasteiger partial charge on any atom is 0.262 e. The average molecular weight is 411 g/mol. The summed E-state index contributed by atoms with van der Waals surface area (Å²) in [6, 6.07) is 13.3. The van der Waals surface area contributed by atoms with Crippen LogP contribution < -0.4 is 10.5 Å². The van der Waals surface area contributed by atoms with Gasteiger partial charge in [0.05, 0.1) is 37.3 Å². The van der Waals surface area contributed by atoms with Crippen molar-refractivity contribution in [1.29, 1.82) is 0 Å². The summed E-state index contributed by atoms with van der Waals surface area (Å²) in [5.41, 5.74) is 3.41. The monoisotopic (exact) mass is 410 g/mol. The molecule has 0 aliphatic rings. The molecule has 6 heteroatoms. The van der Waals surface area contributed by atoms with Gasteiger partial charge in [-0.15, -0.1) is 0 Å². The van der Waals surface area contributed by atoms with E-state index in [1.54, 1.807) is 4.57 Å².